The van der Waals surface area contributed by atoms with Crippen LogP contribution in [0.5, 0.6) is 0 Å². The van der Waals surface area contributed by atoms with E-state index in [1.165, 1.54) is 0 Å². The maximum atomic E-state index is 13.1. The van der Waals surface area contributed by atoms with Crippen LogP contribution in [0, 0.1) is 5.92 Å². The molecular formula is C17H28N2O3S. The summed E-state index contributed by atoms with van der Waals surface area (Å²) in [7, 11) is 0. The topological polar surface area (TPSA) is 49.9 Å². The van der Waals surface area contributed by atoms with Crippen LogP contribution < -0.4 is 0 Å². The van der Waals surface area contributed by atoms with Crippen LogP contribution in [0.2, 0.25) is 0 Å². The van der Waals surface area contributed by atoms with Gasteiger partial charge in [0.1, 0.15) is 0 Å². The third-order valence-electron chi connectivity index (χ3n) is 5.34. The Hall–Kier alpha value is -0.750. The summed E-state index contributed by atoms with van der Waals surface area (Å²) >= 11 is 1.95. The Labute approximate surface area is 143 Å². The number of hydrogen-bond donors (Lipinski definition) is 0. The van der Waals surface area contributed by atoms with Crippen LogP contribution in [0.3, 0.4) is 0 Å². The highest BCUT2D eigenvalue weighted by atomic mass is 32.2. The van der Waals surface area contributed by atoms with Crippen molar-refractivity contribution in [2.45, 2.75) is 51.2 Å². The van der Waals surface area contributed by atoms with Crippen molar-refractivity contribution in [3.8, 4) is 0 Å². The molecule has 3 aliphatic heterocycles. The molecule has 0 bridgehead atoms. The number of carbonyl (C=O) groups is 2. The lowest BCUT2D eigenvalue weighted by Gasteiger charge is -2.37. The monoisotopic (exact) mass is 340 g/mol. The lowest BCUT2D eigenvalue weighted by atomic mass is 9.94. The van der Waals surface area contributed by atoms with E-state index in [-0.39, 0.29) is 17.9 Å². The molecule has 0 unspecified atom stereocenters. The second-order valence-corrected chi connectivity index (χ2v) is 8.07. The normalized spacial score (nSPS) is 29.0. The van der Waals surface area contributed by atoms with E-state index in [0.717, 1.165) is 69.9 Å². The third-order valence-corrected chi connectivity index (χ3v) is 6.49. The molecule has 0 aromatic carbocycles. The number of piperidine rings is 1. The largest absolute Gasteiger partial charge is 0.376 e. The fourth-order valence-electron chi connectivity index (χ4n) is 3.87. The van der Waals surface area contributed by atoms with Gasteiger partial charge in [-0.15, -0.1) is 0 Å². The summed E-state index contributed by atoms with van der Waals surface area (Å²) in [6, 6.07) is 0.377. The van der Waals surface area contributed by atoms with Crippen molar-refractivity contribution in [3.63, 3.8) is 0 Å². The molecular weight excluding hydrogens is 312 g/mol. The van der Waals surface area contributed by atoms with Crippen molar-refractivity contribution in [3.05, 3.63) is 0 Å². The van der Waals surface area contributed by atoms with E-state index < -0.39 is 0 Å². The molecule has 0 N–H and O–H groups in total. The van der Waals surface area contributed by atoms with E-state index in [9.17, 15) is 9.59 Å². The highest BCUT2D eigenvalue weighted by Crippen LogP contribution is 2.28. The Morgan fingerprint density at radius 3 is 2.57 bits per heavy atom. The van der Waals surface area contributed by atoms with E-state index in [2.05, 4.69) is 4.90 Å². The van der Waals surface area contributed by atoms with Gasteiger partial charge in [-0.25, -0.2) is 0 Å². The maximum Gasteiger partial charge on any atom is 0.226 e. The summed E-state index contributed by atoms with van der Waals surface area (Å²) in [5.41, 5.74) is 0. The van der Waals surface area contributed by atoms with Gasteiger partial charge >= 0.3 is 0 Å². The van der Waals surface area contributed by atoms with E-state index >= 15 is 0 Å². The van der Waals surface area contributed by atoms with Crippen LogP contribution in [0.1, 0.15) is 39.0 Å². The second kappa shape index (κ2) is 7.88. The van der Waals surface area contributed by atoms with Crippen molar-refractivity contribution in [2.24, 2.45) is 5.92 Å². The summed E-state index contributed by atoms with van der Waals surface area (Å²) in [5.74, 6) is 2.72. The van der Waals surface area contributed by atoms with Crippen molar-refractivity contribution in [2.75, 3.05) is 37.7 Å². The Morgan fingerprint density at radius 1 is 1.22 bits per heavy atom. The Morgan fingerprint density at radius 2 is 2.00 bits per heavy atom. The van der Waals surface area contributed by atoms with Crippen LogP contribution in [-0.4, -0.2) is 71.5 Å². The zero-order chi connectivity index (χ0) is 16.2. The van der Waals surface area contributed by atoms with Gasteiger partial charge in [0.05, 0.1) is 6.10 Å². The van der Waals surface area contributed by atoms with E-state index in [4.69, 9.17) is 4.74 Å². The average Bonchev–Trinajstić information content (AvgIpc) is 3.25. The average molecular weight is 340 g/mol. The number of likely N-dealkylation sites (tertiary alicyclic amines) is 1. The first-order valence-corrected chi connectivity index (χ1v) is 10.1. The quantitative estimate of drug-likeness (QED) is 0.782. The molecule has 0 spiro atoms. The molecule has 3 heterocycles. The number of amides is 2. The second-order valence-electron chi connectivity index (χ2n) is 6.92. The first kappa shape index (κ1) is 17.1. The molecule has 0 aliphatic carbocycles. The summed E-state index contributed by atoms with van der Waals surface area (Å²) in [4.78, 5) is 28.6. The minimum atomic E-state index is 0.0811. The molecule has 0 radical (unpaired) electrons. The highest BCUT2D eigenvalue weighted by Gasteiger charge is 2.35. The summed E-state index contributed by atoms with van der Waals surface area (Å²) < 4.78 is 5.78. The van der Waals surface area contributed by atoms with Gasteiger partial charge in [0.15, 0.2) is 0 Å². The van der Waals surface area contributed by atoms with Gasteiger partial charge < -0.3 is 14.5 Å². The molecule has 6 heteroatoms. The Kier molecular flexibility index (Phi) is 5.85. The van der Waals surface area contributed by atoms with Crippen LogP contribution in [0.15, 0.2) is 0 Å². The Bertz CT molecular complexity index is 426. The molecule has 23 heavy (non-hydrogen) atoms. The SMILES string of the molecule is CC(=O)N1CCC(C(=O)N(C[C@@H]2CCCO2)[C@@H]2CCSC2)CC1. The zero-order valence-corrected chi connectivity index (χ0v) is 14.9. The molecule has 3 aliphatic rings. The molecule has 130 valence electrons. The van der Waals surface area contributed by atoms with Gasteiger partial charge in [0, 0.05) is 50.9 Å². The first-order valence-electron chi connectivity index (χ1n) is 8.90. The zero-order valence-electron chi connectivity index (χ0n) is 14.0. The van der Waals surface area contributed by atoms with E-state index in [0.29, 0.717) is 11.9 Å². The lowest BCUT2D eigenvalue weighted by Crippen LogP contribution is -2.49. The number of carbonyl (C=O) groups excluding carboxylic acids is 2. The number of rotatable bonds is 4. The fourth-order valence-corrected chi connectivity index (χ4v) is 5.09. The third kappa shape index (κ3) is 4.21. The molecule has 3 saturated heterocycles. The first-order chi connectivity index (χ1) is 11.1. The molecule has 0 saturated carbocycles. The van der Waals surface area contributed by atoms with Gasteiger partial charge in [-0.2, -0.15) is 11.8 Å². The van der Waals surface area contributed by atoms with Gasteiger partial charge in [-0.05, 0) is 37.9 Å². The number of nitrogens with zero attached hydrogens (tertiary/aromatic N) is 2. The molecule has 3 rings (SSSR count). The van der Waals surface area contributed by atoms with Gasteiger partial charge in [-0.1, -0.05) is 0 Å². The molecule has 2 amide bonds. The van der Waals surface area contributed by atoms with Gasteiger partial charge in [-0.3, -0.25) is 9.59 Å². The van der Waals surface area contributed by atoms with Crippen LogP contribution in [0.4, 0.5) is 0 Å². The van der Waals surface area contributed by atoms with Crippen molar-refractivity contribution < 1.29 is 14.3 Å². The fraction of sp³-hybridized carbons (Fsp3) is 0.882. The minimum Gasteiger partial charge on any atom is -0.376 e. The van der Waals surface area contributed by atoms with Gasteiger partial charge in [0.2, 0.25) is 11.8 Å². The number of hydrogen-bond acceptors (Lipinski definition) is 4. The summed E-state index contributed by atoms with van der Waals surface area (Å²) in [6.07, 6.45) is 5.13. The predicted octanol–water partition coefficient (Wildman–Crippen LogP) is 1.76. The van der Waals surface area contributed by atoms with Crippen LogP contribution >= 0.6 is 11.8 Å². The molecule has 5 nitrogen and oxygen atoms in total. The van der Waals surface area contributed by atoms with Crippen molar-refractivity contribution in [1.82, 2.24) is 9.80 Å². The highest BCUT2D eigenvalue weighted by molar-refractivity contribution is 7.99. The number of ether oxygens (including phenoxy) is 1. The summed E-state index contributed by atoms with van der Waals surface area (Å²) in [6.45, 7) is 4.65. The van der Waals surface area contributed by atoms with Crippen LogP contribution in [0.25, 0.3) is 0 Å². The minimum absolute atomic E-state index is 0.0811. The molecule has 0 aromatic rings. The van der Waals surface area contributed by atoms with Crippen LogP contribution in [-0.2, 0) is 14.3 Å². The van der Waals surface area contributed by atoms with E-state index in [1.54, 1.807) is 6.92 Å². The standard InChI is InChI=1S/C17H28N2O3S/c1-13(20)18-7-4-14(5-8-18)17(21)19(15-6-10-23-12-15)11-16-3-2-9-22-16/h14-16H,2-12H2,1H3/t15-,16+/m1/s1. The van der Waals surface area contributed by atoms with E-state index in [1.807, 2.05) is 16.7 Å². The van der Waals surface area contributed by atoms with Gasteiger partial charge in [0.25, 0.3) is 0 Å². The molecule has 0 aromatic heterocycles. The molecule has 3 fully saturated rings. The number of thioether (sulfide) groups is 1. The smallest absolute Gasteiger partial charge is 0.226 e. The van der Waals surface area contributed by atoms with Crippen molar-refractivity contribution >= 4 is 23.6 Å². The Balaban J connectivity index is 1.61. The summed E-state index contributed by atoms with van der Waals surface area (Å²) in [5, 5.41) is 0. The lowest BCUT2D eigenvalue weighted by molar-refractivity contribution is -0.143. The predicted molar refractivity (Wildman–Crippen MR) is 91.4 cm³/mol. The van der Waals surface area contributed by atoms with Crippen molar-refractivity contribution in [1.29, 1.82) is 0 Å². The maximum absolute atomic E-state index is 13.1. The molecule has 2 atom stereocenters.